The molecule has 0 heterocycles. The number of halogens is 2. The number of nitrogens with one attached hydrogen (secondary N) is 1. The molecule has 0 aliphatic carbocycles. The molecule has 0 radical (unpaired) electrons. The molecule has 0 aliphatic rings. The molecule has 0 aromatic heterocycles. The van der Waals surface area contributed by atoms with Crippen molar-refractivity contribution in [3.05, 3.63) is 166 Å². The van der Waals surface area contributed by atoms with Gasteiger partial charge in [0, 0.05) is 38.6 Å². The molecular weight excluding hydrogens is 1170 g/mol. The number of carbonyl (C=O) groups excluding carboxylic acids is 1. The van der Waals surface area contributed by atoms with Crippen LogP contribution in [0.25, 0.3) is 21.5 Å². The number of methoxy groups -OCH3 is 2. The van der Waals surface area contributed by atoms with Crippen molar-refractivity contribution < 1.29 is 55.5 Å². The maximum absolute atomic E-state index is 13.4. The summed E-state index contributed by atoms with van der Waals surface area (Å²) < 4.78 is 76.0. The van der Waals surface area contributed by atoms with Crippen LogP contribution in [-0.2, 0) is 33.1 Å². The number of nitrogens with zero attached hydrogens (tertiary/aromatic N) is 5. The van der Waals surface area contributed by atoms with E-state index >= 15 is 0 Å². The molecule has 4 N–H and O–H groups in total. The summed E-state index contributed by atoms with van der Waals surface area (Å²) in [6, 6.07) is 34.5. The second-order valence-corrected chi connectivity index (χ2v) is 19.5. The number of anilines is 1. The van der Waals surface area contributed by atoms with Crippen LogP contribution in [0.5, 0.6) is 23.0 Å². The quantitative estimate of drug-likeness (QED) is 0.0260. The van der Waals surface area contributed by atoms with Gasteiger partial charge in [-0.3, -0.25) is 18.9 Å². The zero-order chi connectivity index (χ0) is 53.5. The minimum atomic E-state index is -4.57. The minimum Gasteiger partial charge on any atom is -0.871 e. The topological polar surface area (TPSA) is 284 Å². The van der Waals surface area contributed by atoms with Crippen LogP contribution >= 0.6 is 23.2 Å². The van der Waals surface area contributed by atoms with E-state index in [0.717, 1.165) is 24.3 Å². The Bertz CT molecular complexity index is 3830. The summed E-state index contributed by atoms with van der Waals surface area (Å²) in [6.45, 7) is 3.57. The molecule has 8 aromatic rings. The number of amides is 1. The fourth-order valence-electron chi connectivity index (χ4n) is 7.50. The molecule has 8 aromatic carbocycles. The summed E-state index contributed by atoms with van der Waals surface area (Å²) in [7, 11) is -6.12. The molecular formula is C52H42BaCl2N6O12S2. The monoisotopic (exact) mass is 1210 g/mol. The van der Waals surface area contributed by atoms with Crippen LogP contribution < -0.4 is 25.0 Å². The predicted octanol–water partition coefficient (Wildman–Crippen LogP) is 11.5. The maximum atomic E-state index is 13.4. The number of ether oxygens (including phenoxy) is 2. The van der Waals surface area contributed by atoms with Crippen LogP contribution in [0.2, 0.25) is 10.0 Å². The van der Waals surface area contributed by atoms with Crippen molar-refractivity contribution in [1.29, 1.82) is 0 Å². The normalized spacial score (nSPS) is 11.9. The average Bonchev–Trinajstić information content (AvgIpc) is 3.37. The summed E-state index contributed by atoms with van der Waals surface area (Å²) >= 11 is 12.4. The van der Waals surface area contributed by atoms with Crippen molar-refractivity contribution in [3.8, 4) is 23.0 Å². The molecule has 23 heteroatoms. The second-order valence-electron chi connectivity index (χ2n) is 15.8. The summed E-state index contributed by atoms with van der Waals surface area (Å²) in [5, 5.41) is 59.1. The molecule has 0 fully saturated rings. The fraction of sp³-hybridized carbons (Fsp3) is 0.115. The van der Waals surface area contributed by atoms with Gasteiger partial charge in [-0.25, -0.2) is 0 Å². The third-order valence-corrected chi connectivity index (χ3v) is 13.5. The van der Waals surface area contributed by atoms with E-state index in [4.69, 9.17) is 32.7 Å². The molecule has 0 atom stereocenters. The van der Waals surface area contributed by atoms with Gasteiger partial charge in [0.25, 0.3) is 26.1 Å². The number of fused-ring (bicyclic) bond motifs is 2. The van der Waals surface area contributed by atoms with Gasteiger partial charge in [-0.2, -0.15) is 32.2 Å². The number of benzene rings is 8. The van der Waals surface area contributed by atoms with Gasteiger partial charge in [-0.1, -0.05) is 103 Å². The molecule has 0 bridgehead atoms. The number of hydrogen-bond acceptors (Lipinski definition) is 15. The van der Waals surface area contributed by atoms with E-state index in [2.05, 4.69) is 30.8 Å². The number of phenolic OH excluding ortho intramolecular Hbond substituents is 1. The van der Waals surface area contributed by atoms with Gasteiger partial charge < -0.3 is 30.1 Å². The minimum absolute atomic E-state index is 0. The Morgan fingerprint density at radius 1 is 0.627 bits per heavy atom. The van der Waals surface area contributed by atoms with Crippen LogP contribution in [0.15, 0.2) is 169 Å². The fourth-order valence-corrected chi connectivity index (χ4v) is 9.38. The van der Waals surface area contributed by atoms with E-state index in [1.165, 1.54) is 26.4 Å². The molecule has 0 unspecified atom stereocenters. The summed E-state index contributed by atoms with van der Waals surface area (Å²) in [5.74, 6) is -1.42. The van der Waals surface area contributed by atoms with Crippen molar-refractivity contribution in [3.63, 3.8) is 0 Å². The summed E-state index contributed by atoms with van der Waals surface area (Å²) in [6.07, 6.45) is 0.774. The molecule has 0 aliphatic heterocycles. The Kier molecular flexibility index (Phi) is 19.3. The largest absolute Gasteiger partial charge is 2.00 e. The van der Waals surface area contributed by atoms with Gasteiger partial charge in [0.1, 0.15) is 17.2 Å². The van der Waals surface area contributed by atoms with Crippen LogP contribution in [0, 0.1) is 0 Å². The maximum Gasteiger partial charge on any atom is 2.00 e. The number of carbonyl (C=O) groups is 1. The zero-order valence-electron chi connectivity index (χ0n) is 40.1. The Balaban J connectivity index is 0.000000241. The van der Waals surface area contributed by atoms with Crippen molar-refractivity contribution in [2.75, 3.05) is 19.5 Å². The molecule has 0 spiro atoms. The smallest absolute Gasteiger partial charge is 0.871 e. The molecule has 0 saturated carbocycles. The van der Waals surface area contributed by atoms with E-state index in [9.17, 15) is 46.1 Å². The first-order valence-corrected chi connectivity index (χ1v) is 25.6. The SMILES string of the molecule is CCc1c(Cl)cc(S(=O)(=O)O)cc1N=Nc1c(O)c(C(=O)Nc2cccc(OC)c2)cc2ccccc12.CCc1c(Cl)cc(S(=O)(=O)O)cc1N=Nc1c([O-])c(C([O-])=Nc2cccc(OC)c2)cc2ccccc12.[Ba+2]. The van der Waals surface area contributed by atoms with Crippen LogP contribution in [0.1, 0.15) is 40.9 Å². The number of phenols is 1. The van der Waals surface area contributed by atoms with Gasteiger partial charge in [0.15, 0.2) is 5.75 Å². The Labute approximate surface area is 481 Å². The number of aromatic hydroxyl groups is 1. The third-order valence-electron chi connectivity index (χ3n) is 11.2. The first kappa shape index (κ1) is 57.9. The van der Waals surface area contributed by atoms with Crippen molar-refractivity contribution >= 4 is 160 Å². The summed E-state index contributed by atoms with van der Waals surface area (Å²) in [4.78, 5) is 16.2. The molecule has 380 valence electrons. The van der Waals surface area contributed by atoms with Gasteiger partial charge in [0.2, 0.25) is 0 Å². The van der Waals surface area contributed by atoms with Gasteiger partial charge in [0.05, 0.1) is 52.3 Å². The van der Waals surface area contributed by atoms with E-state index in [-0.39, 0.29) is 92.8 Å². The van der Waals surface area contributed by atoms with Gasteiger partial charge >= 0.3 is 48.9 Å². The first-order valence-electron chi connectivity index (χ1n) is 22.0. The average molecular weight is 1220 g/mol. The third kappa shape index (κ3) is 13.7. The standard InChI is InChI=1S/2C26H22ClN3O6S.Ba/c2*1-3-19-22(27)13-18(37(33,34)35)14-23(19)29-30-24-20-10-5-4-7-15(20)11-21(25(24)31)26(32)28-16-8-6-9-17(12-16)36-2;/h2*4-14,31H,3H2,1-2H3,(H,28,32)(H,33,34,35);/q;;+2/p-2. The van der Waals surface area contributed by atoms with E-state index in [0.29, 0.717) is 68.4 Å². The van der Waals surface area contributed by atoms with Crippen molar-refractivity contribution in [2.45, 2.75) is 36.5 Å². The van der Waals surface area contributed by atoms with Gasteiger partial charge in [-0.05, 0) is 107 Å². The zero-order valence-corrected chi connectivity index (χ0v) is 47.7. The summed E-state index contributed by atoms with van der Waals surface area (Å²) in [5.41, 5.74) is 1.51. The molecule has 75 heavy (non-hydrogen) atoms. The van der Waals surface area contributed by atoms with E-state index in [1.807, 2.05) is 0 Å². The van der Waals surface area contributed by atoms with Crippen molar-refractivity contribution in [1.82, 2.24) is 0 Å². The predicted molar refractivity (Wildman–Crippen MR) is 285 cm³/mol. The second kappa shape index (κ2) is 25.0. The number of rotatable bonds is 14. The first-order chi connectivity index (χ1) is 35.2. The van der Waals surface area contributed by atoms with E-state index in [1.54, 1.807) is 111 Å². The molecule has 1 amide bonds. The van der Waals surface area contributed by atoms with Crippen LogP contribution in [-0.4, -0.2) is 106 Å². The number of hydrogen-bond donors (Lipinski definition) is 4. The Morgan fingerprint density at radius 2 is 1.11 bits per heavy atom. The molecule has 18 nitrogen and oxygen atoms in total. The Hall–Kier alpha value is -6.41. The Morgan fingerprint density at radius 3 is 1.63 bits per heavy atom. The van der Waals surface area contributed by atoms with Crippen LogP contribution in [0.4, 0.5) is 34.1 Å². The van der Waals surface area contributed by atoms with E-state index < -0.39 is 53.3 Å². The molecule has 8 rings (SSSR count). The number of azo groups is 2. The van der Waals surface area contributed by atoms with Crippen LogP contribution in [0.3, 0.4) is 0 Å². The number of aliphatic imine (C=N–C) groups is 1. The molecule has 0 saturated heterocycles. The van der Waals surface area contributed by atoms with Gasteiger partial charge in [-0.15, -0.1) is 5.11 Å². The van der Waals surface area contributed by atoms with Crippen molar-refractivity contribution in [2.24, 2.45) is 25.4 Å².